The molecule has 1 saturated heterocycles. The zero-order chi connectivity index (χ0) is 8.93. The highest BCUT2D eigenvalue weighted by atomic mass is 15.0. The van der Waals surface area contributed by atoms with Gasteiger partial charge in [0.05, 0.1) is 0 Å². The van der Waals surface area contributed by atoms with E-state index in [-0.39, 0.29) is 0 Å². The summed E-state index contributed by atoms with van der Waals surface area (Å²) in [5.41, 5.74) is 1.30. The van der Waals surface area contributed by atoms with Crippen LogP contribution in [0.25, 0.3) is 0 Å². The quantitative estimate of drug-likeness (QED) is 0.694. The first kappa shape index (κ1) is 8.73. The Morgan fingerprint density at radius 1 is 1.15 bits per heavy atom. The third-order valence-corrected chi connectivity index (χ3v) is 2.27. The number of benzene rings is 1. The van der Waals surface area contributed by atoms with E-state index in [4.69, 9.17) is 0 Å². The van der Waals surface area contributed by atoms with Crippen molar-refractivity contribution < 1.29 is 0 Å². The second-order valence-corrected chi connectivity index (χ2v) is 3.34. The molecule has 0 saturated carbocycles. The van der Waals surface area contributed by atoms with Gasteiger partial charge >= 0.3 is 0 Å². The summed E-state index contributed by atoms with van der Waals surface area (Å²) in [7, 11) is 0. The van der Waals surface area contributed by atoms with Crippen LogP contribution in [0, 0.1) is 6.42 Å². The average Bonchev–Trinajstić information content (AvgIpc) is 2.21. The fourth-order valence-electron chi connectivity index (χ4n) is 1.59. The van der Waals surface area contributed by atoms with E-state index >= 15 is 0 Å². The van der Waals surface area contributed by atoms with Gasteiger partial charge in [-0.05, 0) is 5.56 Å². The molecule has 2 heteroatoms. The fourth-order valence-corrected chi connectivity index (χ4v) is 1.59. The predicted octanol–water partition coefficient (Wildman–Crippen LogP) is 0.800. The van der Waals surface area contributed by atoms with Crippen LogP contribution in [0.5, 0.6) is 0 Å². The molecular formula is C11H15N2. The Hall–Kier alpha value is -0.860. The van der Waals surface area contributed by atoms with Crippen molar-refractivity contribution in [3.05, 3.63) is 42.3 Å². The van der Waals surface area contributed by atoms with Crippen molar-refractivity contribution in [2.45, 2.75) is 6.04 Å². The average molecular weight is 175 g/mol. The van der Waals surface area contributed by atoms with Crippen LogP contribution in [0.1, 0.15) is 5.56 Å². The molecule has 0 spiro atoms. The molecule has 2 nitrogen and oxygen atoms in total. The fraction of sp³-hybridized carbons (Fsp3) is 0.364. The molecule has 0 aliphatic carbocycles. The summed E-state index contributed by atoms with van der Waals surface area (Å²) in [4.78, 5) is 0. The minimum Gasteiger partial charge on any atom is -0.314 e. The van der Waals surface area contributed by atoms with Crippen LogP contribution < -0.4 is 10.6 Å². The van der Waals surface area contributed by atoms with Crippen LogP contribution in [0.15, 0.2) is 30.3 Å². The molecule has 69 valence electrons. The zero-order valence-electron chi connectivity index (χ0n) is 7.66. The first-order valence-corrected chi connectivity index (χ1v) is 4.79. The zero-order valence-corrected chi connectivity index (χ0v) is 7.66. The molecule has 1 heterocycles. The molecule has 0 amide bonds. The molecule has 2 rings (SSSR count). The van der Waals surface area contributed by atoms with Crippen molar-refractivity contribution in [3.8, 4) is 0 Å². The third-order valence-electron chi connectivity index (χ3n) is 2.27. The normalized spacial score (nSPS) is 22.9. The maximum Gasteiger partial charge on any atom is 0.0268 e. The van der Waals surface area contributed by atoms with E-state index in [0.717, 1.165) is 19.6 Å². The molecule has 1 atom stereocenters. The Morgan fingerprint density at radius 3 is 2.69 bits per heavy atom. The molecule has 1 unspecified atom stereocenters. The first-order chi connectivity index (χ1) is 6.45. The van der Waals surface area contributed by atoms with Gasteiger partial charge in [0, 0.05) is 32.1 Å². The molecule has 1 aromatic carbocycles. The van der Waals surface area contributed by atoms with Crippen LogP contribution in [-0.2, 0) is 0 Å². The number of nitrogens with one attached hydrogen (secondary N) is 2. The monoisotopic (exact) mass is 175 g/mol. The van der Waals surface area contributed by atoms with Gasteiger partial charge < -0.3 is 10.6 Å². The van der Waals surface area contributed by atoms with Gasteiger partial charge in [0.1, 0.15) is 0 Å². The lowest BCUT2D eigenvalue weighted by atomic mass is 10.1. The lowest BCUT2D eigenvalue weighted by molar-refractivity contribution is 0.457. The van der Waals surface area contributed by atoms with E-state index in [1.54, 1.807) is 0 Å². The van der Waals surface area contributed by atoms with E-state index in [0.29, 0.717) is 6.04 Å². The van der Waals surface area contributed by atoms with Gasteiger partial charge in [-0.25, -0.2) is 0 Å². The van der Waals surface area contributed by atoms with Crippen LogP contribution in [-0.4, -0.2) is 25.7 Å². The Labute approximate surface area is 79.4 Å². The number of rotatable bonds is 2. The Balaban J connectivity index is 1.90. The van der Waals surface area contributed by atoms with Gasteiger partial charge in [0.2, 0.25) is 0 Å². The highest BCUT2D eigenvalue weighted by Gasteiger charge is 2.11. The largest absolute Gasteiger partial charge is 0.314 e. The summed E-state index contributed by atoms with van der Waals surface area (Å²) in [6.07, 6.45) is 2.27. The van der Waals surface area contributed by atoms with Crippen molar-refractivity contribution in [2.24, 2.45) is 0 Å². The molecule has 1 aliphatic heterocycles. The van der Waals surface area contributed by atoms with Gasteiger partial charge in [-0.1, -0.05) is 30.3 Å². The lowest BCUT2D eigenvalue weighted by Crippen LogP contribution is -2.48. The van der Waals surface area contributed by atoms with Gasteiger partial charge in [-0.3, -0.25) is 0 Å². The van der Waals surface area contributed by atoms with Crippen molar-refractivity contribution >= 4 is 0 Å². The maximum absolute atomic E-state index is 3.45. The minimum atomic E-state index is 0.483. The van der Waals surface area contributed by atoms with Gasteiger partial charge in [0.15, 0.2) is 0 Å². The van der Waals surface area contributed by atoms with E-state index < -0.39 is 0 Å². The Bertz CT molecular complexity index is 240. The lowest BCUT2D eigenvalue weighted by Gasteiger charge is -2.24. The molecule has 2 N–H and O–H groups in total. The van der Waals surface area contributed by atoms with Crippen molar-refractivity contribution in [1.82, 2.24) is 10.6 Å². The first-order valence-electron chi connectivity index (χ1n) is 4.79. The van der Waals surface area contributed by atoms with Crippen molar-refractivity contribution in [1.29, 1.82) is 0 Å². The topological polar surface area (TPSA) is 24.1 Å². The maximum atomic E-state index is 3.45. The number of piperazine rings is 1. The molecule has 0 bridgehead atoms. The second-order valence-electron chi connectivity index (χ2n) is 3.34. The summed E-state index contributed by atoms with van der Waals surface area (Å²) in [6.45, 7) is 3.18. The van der Waals surface area contributed by atoms with Crippen LogP contribution in [0.4, 0.5) is 0 Å². The second kappa shape index (κ2) is 4.40. The Kier molecular flexibility index (Phi) is 2.95. The summed E-state index contributed by atoms with van der Waals surface area (Å²) in [5, 5.41) is 6.81. The van der Waals surface area contributed by atoms with Gasteiger partial charge in [-0.2, -0.15) is 0 Å². The van der Waals surface area contributed by atoms with Crippen LogP contribution >= 0.6 is 0 Å². The van der Waals surface area contributed by atoms with Crippen LogP contribution in [0.2, 0.25) is 0 Å². The smallest absolute Gasteiger partial charge is 0.0268 e. The standard InChI is InChI=1S/C11H15N2/c1-2-4-10(5-3-1)8-11-9-12-6-7-13-11/h1-5,8,11-13H,6-7,9H2. The van der Waals surface area contributed by atoms with E-state index in [9.17, 15) is 0 Å². The molecule has 1 fully saturated rings. The molecule has 1 aliphatic rings. The summed E-state index contributed by atoms with van der Waals surface area (Å²) in [6, 6.07) is 10.9. The number of hydrogen-bond donors (Lipinski definition) is 2. The number of hydrogen-bond acceptors (Lipinski definition) is 2. The van der Waals surface area contributed by atoms with E-state index in [2.05, 4.69) is 41.3 Å². The minimum absolute atomic E-state index is 0.483. The Morgan fingerprint density at radius 2 is 2.00 bits per heavy atom. The highest BCUT2D eigenvalue weighted by molar-refractivity contribution is 5.25. The highest BCUT2D eigenvalue weighted by Crippen LogP contribution is 2.05. The SMILES string of the molecule is [CH](c1ccccc1)C1CNCCN1. The molecule has 0 aromatic heterocycles. The van der Waals surface area contributed by atoms with Crippen molar-refractivity contribution in [3.63, 3.8) is 0 Å². The summed E-state index contributed by atoms with van der Waals surface area (Å²) >= 11 is 0. The van der Waals surface area contributed by atoms with E-state index in [1.165, 1.54) is 5.56 Å². The molecule has 13 heavy (non-hydrogen) atoms. The molecular weight excluding hydrogens is 160 g/mol. The third kappa shape index (κ3) is 2.54. The summed E-state index contributed by atoms with van der Waals surface area (Å²) in [5.74, 6) is 0. The van der Waals surface area contributed by atoms with E-state index in [1.807, 2.05) is 6.07 Å². The van der Waals surface area contributed by atoms with Crippen molar-refractivity contribution in [2.75, 3.05) is 19.6 Å². The predicted molar refractivity (Wildman–Crippen MR) is 54.5 cm³/mol. The van der Waals surface area contributed by atoms with Gasteiger partial charge in [-0.15, -0.1) is 0 Å². The summed E-state index contributed by atoms with van der Waals surface area (Å²) < 4.78 is 0. The molecule has 1 radical (unpaired) electrons. The van der Waals surface area contributed by atoms with Gasteiger partial charge in [0.25, 0.3) is 0 Å². The molecule has 1 aromatic rings. The van der Waals surface area contributed by atoms with Crippen LogP contribution in [0.3, 0.4) is 0 Å².